The summed E-state index contributed by atoms with van der Waals surface area (Å²) in [7, 11) is 0. The summed E-state index contributed by atoms with van der Waals surface area (Å²) in [5, 5.41) is 4.21. The molecule has 2 N–H and O–H groups in total. The van der Waals surface area contributed by atoms with Gasteiger partial charge in [0.25, 0.3) is 5.91 Å². The fraction of sp³-hybridized carbons (Fsp3) is 0. The number of halogens is 2. The number of aromatic amines is 1. The summed E-state index contributed by atoms with van der Waals surface area (Å²) in [5.74, 6) is -1.26. The number of aromatic nitrogens is 3. The highest BCUT2D eigenvalue weighted by atomic mass is 19.1. The van der Waals surface area contributed by atoms with Crippen molar-refractivity contribution in [1.82, 2.24) is 14.5 Å². The van der Waals surface area contributed by atoms with Gasteiger partial charge in [0, 0.05) is 22.7 Å². The first-order chi connectivity index (χ1) is 14.1. The first-order valence-electron chi connectivity index (χ1n) is 8.90. The fourth-order valence-electron chi connectivity index (χ4n) is 3.45. The van der Waals surface area contributed by atoms with Crippen LogP contribution in [0.3, 0.4) is 0 Å². The Morgan fingerprint density at radius 2 is 1.83 bits per heavy atom. The van der Waals surface area contributed by atoms with E-state index in [0.29, 0.717) is 27.9 Å². The Balaban J connectivity index is 1.62. The second-order valence-corrected chi connectivity index (χ2v) is 6.64. The molecule has 3 aromatic heterocycles. The van der Waals surface area contributed by atoms with Crippen LogP contribution in [0.1, 0.15) is 10.5 Å². The molecule has 0 aliphatic carbocycles. The molecule has 7 heteroatoms. The average Bonchev–Trinajstić information content (AvgIpc) is 3.31. The number of benzene rings is 2. The molecule has 0 aliphatic heterocycles. The van der Waals surface area contributed by atoms with Crippen LogP contribution in [0.2, 0.25) is 0 Å². The maximum Gasteiger partial charge on any atom is 0.272 e. The lowest BCUT2D eigenvalue weighted by Gasteiger charge is -2.11. The number of H-pyrrole nitrogens is 1. The number of amides is 1. The standard InChI is InChI=1S/C22H14F2N4O/c23-15-2-1-3-18(11-15)28-19-5-4-16(24)8-14(19)10-20(28)22(29)27-17-9-13-6-7-25-21(13)26-12-17/h1-12H,(H,25,26)(H,27,29). The smallest absolute Gasteiger partial charge is 0.272 e. The molecule has 0 spiro atoms. The molecule has 5 rings (SSSR count). The molecule has 0 unspecified atom stereocenters. The minimum absolute atomic E-state index is 0.255. The average molecular weight is 388 g/mol. The summed E-state index contributed by atoms with van der Waals surface area (Å²) in [6.45, 7) is 0. The first kappa shape index (κ1) is 17.1. The molecule has 142 valence electrons. The Labute approximate surface area is 163 Å². The zero-order valence-corrected chi connectivity index (χ0v) is 15.0. The Hall–Kier alpha value is -4.00. The van der Waals surface area contributed by atoms with Crippen molar-refractivity contribution in [2.75, 3.05) is 5.32 Å². The monoisotopic (exact) mass is 388 g/mol. The van der Waals surface area contributed by atoms with E-state index in [2.05, 4.69) is 15.3 Å². The molecule has 1 amide bonds. The largest absolute Gasteiger partial charge is 0.346 e. The van der Waals surface area contributed by atoms with Gasteiger partial charge in [-0.05, 0) is 54.6 Å². The van der Waals surface area contributed by atoms with Gasteiger partial charge in [-0.1, -0.05) is 6.07 Å². The highest BCUT2D eigenvalue weighted by Crippen LogP contribution is 2.27. The predicted octanol–water partition coefficient (Wildman–Crippen LogP) is 5.04. The number of nitrogens with one attached hydrogen (secondary N) is 2. The number of rotatable bonds is 3. The molecule has 2 aromatic carbocycles. The summed E-state index contributed by atoms with van der Waals surface area (Å²) >= 11 is 0. The van der Waals surface area contributed by atoms with Crippen LogP contribution in [0.5, 0.6) is 0 Å². The van der Waals surface area contributed by atoms with E-state index in [0.717, 1.165) is 5.39 Å². The third kappa shape index (κ3) is 3.02. The number of carbonyl (C=O) groups excluding carboxylic acids is 1. The van der Waals surface area contributed by atoms with Gasteiger partial charge >= 0.3 is 0 Å². The third-order valence-electron chi connectivity index (χ3n) is 4.72. The number of carbonyl (C=O) groups is 1. The lowest BCUT2D eigenvalue weighted by Crippen LogP contribution is -2.16. The fourth-order valence-corrected chi connectivity index (χ4v) is 3.45. The number of anilines is 1. The van der Waals surface area contributed by atoms with E-state index >= 15 is 0 Å². The Bertz CT molecular complexity index is 1390. The van der Waals surface area contributed by atoms with E-state index in [1.165, 1.54) is 24.3 Å². The minimum Gasteiger partial charge on any atom is -0.346 e. The van der Waals surface area contributed by atoms with E-state index in [1.807, 2.05) is 6.07 Å². The quantitative estimate of drug-likeness (QED) is 0.455. The second-order valence-electron chi connectivity index (χ2n) is 6.64. The van der Waals surface area contributed by atoms with Gasteiger partial charge in [-0.2, -0.15) is 0 Å². The third-order valence-corrected chi connectivity index (χ3v) is 4.72. The zero-order valence-electron chi connectivity index (χ0n) is 15.0. The molecule has 0 saturated carbocycles. The summed E-state index contributed by atoms with van der Waals surface area (Å²) in [6, 6.07) is 15.4. The molecule has 29 heavy (non-hydrogen) atoms. The highest BCUT2D eigenvalue weighted by Gasteiger charge is 2.18. The van der Waals surface area contributed by atoms with Crippen molar-refractivity contribution in [2.45, 2.75) is 0 Å². The minimum atomic E-state index is -0.431. The van der Waals surface area contributed by atoms with Crippen molar-refractivity contribution in [1.29, 1.82) is 0 Å². The summed E-state index contributed by atoms with van der Waals surface area (Å²) < 4.78 is 29.2. The van der Waals surface area contributed by atoms with Crippen molar-refractivity contribution in [3.63, 3.8) is 0 Å². The van der Waals surface area contributed by atoms with Gasteiger partial charge in [0.1, 0.15) is 23.0 Å². The maximum atomic E-state index is 13.8. The van der Waals surface area contributed by atoms with Gasteiger partial charge in [0.15, 0.2) is 0 Å². The van der Waals surface area contributed by atoms with Crippen LogP contribution in [0.25, 0.3) is 27.6 Å². The molecule has 5 aromatic rings. The van der Waals surface area contributed by atoms with Crippen molar-refractivity contribution < 1.29 is 13.6 Å². The van der Waals surface area contributed by atoms with E-state index < -0.39 is 17.5 Å². The number of hydrogen-bond acceptors (Lipinski definition) is 2. The van der Waals surface area contributed by atoms with E-state index in [4.69, 9.17) is 0 Å². The molecule has 3 heterocycles. The zero-order chi connectivity index (χ0) is 20.0. The lowest BCUT2D eigenvalue weighted by molar-refractivity contribution is 0.102. The molecule has 0 saturated heterocycles. The SMILES string of the molecule is O=C(Nc1cnc2[nH]ccc2c1)c1cc2cc(F)ccc2n1-c1cccc(F)c1. The van der Waals surface area contributed by atoms with Gasteiger partial charge in [0.05, 0.1) is 17.4 Å². The lowest BCUT2D eigenvalue weighted by atomic mass is 10.2. The topological polar surface area (TPSA) is 62.7 Å². The molecular formula is C22H14F2N4O. The van der Waals surface area contributed by atoms with Gasteiger partial charge in [0.2, 0.25) is 0 Å². The van der Waals surface area contributed by atoms with Crippen LogP contribution in [-0.4, -0.2) is 20.4 Å². The highest BCUT2D eigenvalue weighted by molar-refractivity contribution is 6.07. The van der Waals surface area contributed by atoms with Gasteiger partial charge in [-0.15, -0.1) is 0 Å². The summed E-state index contributed by atoms with van der Waals surface area (Å²) in [6.07, 6.45) is 3.31. The molecular weight excluding hydrogens is 374 g/mol. The number of pyridine rings is 1. The molecule has 0 fully saturated rings. The van der Waals surface area contributed by atoms with Crippen LogP contribution < -0.4 is 5.32 Å². The maximum absolute atomic E-state index is 13.8. The van der Waals surface area contributed by atoms with Gasteiger partial charge in [-0.25, -0.2) is 13.8 Å². The van der Waals surface area contributed by atoms with Crippen LogP contribution in [0, 0.1) is 11.6 Å². The van der Waals surface area contributed by atoms with E-state index in [9.17, 15) is 13.6 Å². The molecule has 0 atom stereocenters. The van der Waals surface area contributed by atoms with Crippen molar-refractivity contribution >= 4 is 33.5 Å². The van der Waals surface area contributed by atoms with E-state index in [1.54, 1.807) is 47.3 Å². The van der Waals surface area contributed by atoms with Crippen LogP contribution >= 0.6 is 0 Å². The predicted molar refractivity (Wildman–Crippen MR) is 107 cm³/mol. The van der Waals surface area contributed by atoms with E-state index in [-0.39, 0.29) is 5.69 Å². The molecule has 5 nitrogen and oxygen atoms in total. The second kappa shape index (κ2) is 6.56. The van der Waals surface area contributed by atoms with Crippen LogP contribution in [0.15, 0.2) is 73.1 Å². The van der Waals surface area contributed by atoms with Crippen molar-refractivity contribution in [3.05, 3.63) is 90.4 Å². The summed E-state index contributed by atoms with van der Waals surface area (Å²) in [5.41, 5.74) is 2.55. The number of fused-ring (bicyclic) bond motifs is 2. The Kier molecular flexibility index (Phi) is 3.87. The summed E-state index contributed by atoms with van der Waals surface area (Å²) in [4.78, 5) is 20.3. The van der Waals surface area contributed by atoms with Crippen LogP contribution in [0.4, 0.5) is 14.5 Å². The Morgan fingerprint density at radius 1 is 0.966 bits per heavy atom. The van der Waals surface area contributed by atoms with Crippen LogP contribution in [-0.2, 0) is 0 Å². The van der Waals surface area contributed by atoms with Crippen molar-refractivity contribution in [2.24, 2.45) is 0 Å². The number of nitrogens with zero attached hydrogens (tertiary/aromatic N) is 2. The first-order valence-corrected chi connectivity index (χ1v) is 8.90. The normalized spacial score (nSPS) is 11.2. The molecule has 0 bridgehead atoms. The molecule has 0 aliphatic rings. The molecule has 0 radical (unpaired) electrons. The van der Waals surface area contributed by atoms with Crippen molar-refractivity contribution in [3.8, 4) is 5.69 Å². The van der Waals surface area contributed by atoms with Gasteiger partial charge < -0.3 is 14.9 Å². The van der Waals surface area contributed by atoms with Gasteiger partial charge in [-0.3, -0.25) is 4.79 Å². The Morgan fingerprint density at radius 3 is 2.69 bits per heavy atom. The number of hydrogen-bond donors (Lipinski definition) is 2.